The highest BCUT2D eigenvalue weighted by Gasteiger charge is 2.32. The van der Waals surface area contributed by atoms with Gasteiger partial charge in [0.25, 0.3) is 5.91 Å². The van der Waals surface area contributed by atoms with E-state index in [2.05, 4.69) is 13.8 Å². The lowest BCUT2D eigenvalue weighted by Gasteiger charge is -2.28. The summed E-state index contributed by atoms with van der Waals surface area (Å²) in [5.41, 5.74) is 6.82. The maximum Gasteiger partial charge on any atom is 0.255 e. The van der Waals surface area contributed by atoms with Crippen LogP contribution in [0.15, 0.2) is 18.2 Å². The van der Waals surface area contributed by atoms with E-state index in [-0.39, 0.29) is 5.91 Å². The van der Waals surface area contributed by atoms with Gasteiger partial charge in [0.2, 0.25) is 0 Å². The van der Waals surface area contributed by atoms with Crippen molar-refractivity contribution in [1.82, 2.24) is 4.90 Å². The minimum absolute atomic E-state index is 0.00324. The molecule has 0 aromatic heterocycles. The van der Waals surface area contributed by atoms with Crippen LogP contribution in [-0.2, 0) is 0 Å². The first-order valence-electron chi connectivity index (χ1n) is 6.36. The molecule has 1 aliphatic rings. The molecule has 4 heteroatoms. The molecular formula is C14H19ClN2O. The van der Waals surface area contributed by atoms with Crippen LogP contribution in [0.5, 0.6) is 0 Å². The standard InChI is InChI=1S/C14H19ClN2O/c1-9(2)13-4-3-7-17(13)14(18)11-8-10(16)5-6-12(11)15/h5-6,8-9,13H,3-4,7,16H2,1-2H3. The third kappa shape index (κ3) is 2.46. The Hall–Kier alpha value is -1.22. The highest BCUT2D eigenvalue weighted by atomic mass is 35.5. The van der Waals surface area contributed by atoms with Gasteiger partial charge in [-0.15, -0.1) is 0 Å². The number of halogens is 1. The van der Waals surface area contributed by atoms with E-state index in [1.165, 1.54) is 0 Å². The first kappa shape index (κ1) is 13.2. The number of nitrogen functional groups attached to an aromatic ring is 1. The molecule has 3 nitrogen and oxygen atoms in total. The maximum atomic E-state index is 12.5. The lowest BCUT2D eigenvalue weighted by atomic mass is 10.0. The first-order chi connectivity index (χ1) is 8.50. The van der Waals surface area contributed by atoms with Crippen molar-refractivity contribution in [3.05, 3.63) is 28.8 Å². The van der Waals surface area contributed by atoms with E-state index in [1.54, 1.807) is 18.2 Å². The fourth-order valence-electron chi connectivity index (χ4n) is 2.60. The molecule has 0 aliphatic carbocycles. The minimum atomic E-state index is 0.00324. The van der Waals surface area contributed by atoms with E-state index in [4.69, 9.17) is 17.3 Å². The summed E-state index contributed by atoms with van der Waals surface area (Å²) in [7, 11) is 0. The van der Waals surface area contributed by atoms with Gasteiger partial charge >= 0.3 is 0 Å². The van der Waals surface area contributed by atoms with Crippen LogP contribution in [-0.4, -0.2) is 23.4 Å². The van der Waals surface area contributed by atoms with Crippen molar-refractivity contribution < 1.29 is 4.79 Å². The van der Waals surface area contributed by atoms with Crippen molar-refractivity contribution in [2.24, 2.45) is 5.92 Å². The summed E-state index contributed by atoms with van der Waals surface area (Å²) in [5, 5.41) is 0.476. The van der Waals surface area contributed by atoms with Gasteiger partial charge in [0.15, 0.2) is 0 Å². The molecule has 1 atom stereocenters. The maximum absolute atomic E-state index is 12.5. The molecule has 1 amide bonds. The summed E-state index contributed by atoms with van der Waals surface area (Å²) in [6.45, 7) is 5.11. The summed E-state index contributed by atoms with van der Waals surface area (Å²) in [6.07, 6.45) is 2.14. The summed E-state index contributed by atoms with van der Waals surface area (Å²) < 4.78 is 0. The Bertz CT molecular complexity index is 459. The van der Waals surface area contributed by atoms with Gasteiger partial charge in [-0.25, -0.2) is 0 Å². The number of carbonyl (C=O) groups is 1. The normalized spacial score (nSPS) is 19.6. The number of hydrogen-bond donors (Lipinski definition) is 1. The summed E-state index contributed by atoms with van der Waals surface area (Å²) >= 11 is 6.09. The van der Waals surface area contributed by atoms with Gasteiger partial charge in [0.1, 0.15) is 0 Å². The molecule has 18 heavy (non-hydrogen) atoms. The number of rotatable bonds is 2. The fraction of sp³-hybridized carbons (Fsp3) is 0.500. The molecule has 0 bridgehead atoms. The van der Waals surface area contributed by atoms with E-state index < -0.39 is 0 Å². The van der Waals surface area contributed by atoms with Gasteiger partial charge in [-0.3, -0.25) is 4.79 Å². The number of anilines is 1. The van der Waals surface area contributed by atoms with E-state index in [9.17, 15) is 4.79 Å². The molecule has 1 fully saturated rings. The minimum Gasteiger partial charge on any atom is -0.399 e. The van der Waals surface area contributed by atoms with Gasteiger partial charge in [-0.1, -0.05) is 25.4 Å². The van der Waals surface area contributed by atoms with Crippen molar-refractivity contribution in [3.8, 4) is 0 Å². The van der Waals surface area contributed by atoms with Crippen LogP contribution in [0, 0.1) is 5.92 Å². The lowest BCUT2D eigenvalue weighted by molar-refractivity contribution is 0.0702. The highest BCUT2D eigenvalue weighted by Crippen LogP contribution is 2.28. The van der Waals surface area contributed by atoms with Gasteiger partial charge < -0.3 is 10.6 Å². The van der Waals surface area contributed by atoms with Crippen molar-refractivity contribution in [1.29, 1.82) is 0 Å². The lowest BCUT2D eigenvalue weighted by Crippen LogP contribution is -2.38. The van der Waals surface area contributed by atoms with Crippen molar-refractivity contribution in [2.75, 3.05) is 12.3 Å². The fourth-order valence-corrected chi connectivity index (χ4v) is 2.80. The number of hydrogen-bond acceptors (Lipinski definition) is 2. The van der Waals surface area contributed by atoms with Crippen LogP contribution in [0.3, 0.4) is 0 Å². The first-order valence-corrected chi connectivity index (χ1v) is 6.74. The molecule has 1 aliphatic heterocycles. The average Bonchev–Trinajstić information content (AvgIpc) is 2.80. The molecule has 0 saturated carbocycles. The molecule has 0 radical (unpaired) electrons. The van der Waals surface area contributed by atoms with Crippen LogP contribution in [0.1, 0.15) is 37.0 Å². The summed E-state index contributed by atoms with van der Waals surface area (Å²) in [6, 6.07) is 5.38. The topological polar surface area (TPSA) is 46.3 Å². The molecule has 1 heterocycles. The Labute approximate surface area is 113 Å². The van der Waals surface area contributed by atoms with E-state index in [0.29, 0.717) is 28.2 Å². The number of likely N-dealkylation sites (tertiary alicyclic amines) is 1. The average molecular weight is 267 g/mol. The third-order valence-electron chi connectivity index (χ3n) is 3.55. The van der Waals surface area contributed by atoms with E-state index in [0.717, 1.165) is 19.4 Å². The summed E-state index contributed by atoms with van der Waals surface area (Å²) in [4.78, 5) is 14.5. The number of amides is 1. The Morgan fingerprint density at radius 2 is 2.22 bits per heavy atom. The van der Waals surface area contributed by atoms with Crippen LogP contribution >= 0.6 is 11.6 Å². The van der Waals surface area contributed by atoms with Gasteiger partial charge in [0.05, 0.1) is 10.6 Å². The number of benzene rings is 1. The molecule has 1 aromatic rings. The van der Waals surface area contributed by atoms with Gasteiger partial charge in [-0.2, -0.15) is 0 Å². The van der Waals surface area contributed by atoms with Crippen LogP contribution in [0.4, 0.5) is 5.69 Å². The Balaban J connectivity index is 2.28. The van der Waals surface area contributed by atoms with Gasteiger partial charge in [0, 0.05) is 18.3 Å². The number of nitrogens with zero attached hydrogens (tertiary/aromatic N) is 1. The molecule has 2 rings (SSSR count). The highest BCUT2D eigenvalue weighted by molar-refractivity contribution is 6.34. The Morgan fingerprint density at radius 3 is 2.89 bits per heavy atom. The van der Waals surface area contributed by atoms with Crippen molar-refractivity contribution in [2.45, 2.75) is 32.7 Å². The quantitative estimate of drug-likeness (QED) is 0.836. The van der Waals surface area contributed by atoms with Crippen LogP contribution < -0.4 is 5.73 Å². The molecule has 98 valence electrons. The number of carbonyl (C=O) groups excluding carboxylic acids is 1. The Morgan fingerprint density at radius 1 is 1.50 bits per heavy atom. The third-order valence-corrected chi connectivity index (χ3v) is 3.88. The predicted molar refractivity (Wildman–Crippen MR) is 74.8 cm³/mol. The monoisotopic (exact) mass is 266 g/mol. The van der Waals surface area contributed by atoms with E-state index in [1.807, 2.05) is 4.90 Å². The van der Waals surface area contributed by atoms with Crippen molar-refractivity contribution in [3.63, 3.8) is 0 Å². The second kappa shape index (κ2) is 5.19. The Kier molecular flexibility index (Phi) is 3.81. The SMILES string of the molecule is CC(C)C1CCCN1C(=O)c1cc(N)ccc1Cl. The zero-order chi connectivity index (χ0) is 13.3. The molecule has 0 spiro atoms. The molecular weight excluding hydrogens is 248 g/mol. The molecule has 2 N–H and O–H groups in total. The largest absolute Gasteiger partial charge is 0.399 e. The number of nitrogens with two attached hydrogens (primary N) is 1. The zero-order valence-corrected chi connectivity index (χ0v) is 11.6. The molecule has 1 saturated heterocycles. The second-order valence-corrected chi connectivity index (χ2v) is 5.60. The zero-order valence-electron chi connectivity index (χ0n) is 10.8. The van der Waals surface area contributed by atoms with Crippen molar-refractivity contribution >= 4 is 23.2 Å². The van der Waals surface area contributed by atoms with Crippen LogP contribution in [0.2, 0.25) is 5.02 Å². The van der Waals surface area contributed by atoms with Gasteiger partial charge in [-0.05, 0) is 37.0 Å². The smallest absolute Gasteiger partial charge is 0.255 e. The molecule has 1 aromatic carbocycles. The summed E-state index contributed by atoms with van der Waals surface area (Å²) in [5.74, 6) is 0.472. The van der Waals surface area contributed by atoms with Crippen LogP contribution in [0.25, 0.3) is 0 Å². The predicted octanol–water partition coefficient (Wildman–Crippen LogP) is 3.18. The van der Waals surface area contributed by atoms with E-state index >= 15 is 0 Å². The second-order valence-electron chi connectivity index (χ2n) is 5.19. The molecule has 1 unspecified atom stereocenters.